The van der Waals surface area contributed by atoms with Crippen LogP contribution in [0.15, 0.2) is 47.5 Å². The second kappa shape index (κ2) is 11.9. The van der Waals surface area contributed by atoms with E-state index in [1.54, 1.807) is 38.1 Å². The summed E-state index contributed by atoms with van der Waals surface area (Å²) < 4.78 is 41.1. The lowest BCUT2D eigenvalue weighted by Crippen LogP contribution is -2.27. The molecule has 0 unspecified atom stereocenters. The number of rotatable bonds is 9. The van der Waals surface area contributed by atoms with Gasteiger partial charge in [0.25, 0.3) is 0 Å². The first-order chi connectivity index (χ1) is 18.4. The summed E-state index contributed by atoms with van der Waals surface area (Å²) in [5.41, 5.74) is 2.97. The number of aromatic nitrogens is 2. The van der Waals surface area contributed by atoms with Gasteiger partial charge in [-0.1, -0.05) is 23.7 Å². The van der Waals surface area contributed by atoms with Gasteiger partial charge < -0.3 is 20.7 Å². The first-order valence-corrected chi connectivity index (χ1v) is 14.7. The molecule has 0 amide bonds. The Kier molecular flexibility index (Phi) is 8.35. The topological polar surface area (TPSA) is 105 Å². The van der Waals surface area contributed by atoms with Crippen molar-refractivity contribution in [2.75, 3.05) is 23.7 Å². The van der Waals surface area contributed by atoms with Gasteiger partial charge in [-0.3, -0.25) is 0 Å². The van der Waals surface area contributed by atoms with Gasteiger partial charge in [0, 0.05) is 1.37 Å². The fourth-order valence-electron chi connectivity index (χ4n) is 4.35. The molecule has 0 spiro atoms. The zero-order valence-electron chi connectivity index (χ0n) is 23.4. The third-order valence-electron chi connectivity index (χ3n) is 6.34. The Balaban J connectivity index is 1.68. The lowest BCUT2D eigenvalue weighted by atomic mass is 9.87. The van der Waals surface area contributed by atoms with Crippen LogP contribution in [0.5, 0.6) is 5.75 Å². The van der Waals surface area contributed by atoms with E-state index in [9.17, 15) is 8.42 Å². The summed E-state index contributed by atoms with van der Waals surface area (Å²) in [7, 11) is -3.54. The van der Waals surface area contributed by atoms with E-state index in [0.29, 0.717) is 17.1 Å². The second-order valence-electron chi connectivity index (χ2n) is 9.91. The van der Waals surface area contributed by atoms with Crippen molar-refractivity contribution < 1.29 is 14.5 Å². The van der Waals surface area contributed by atoms with Crippen LogP contribution < -0.4 is 20.7 Å². The van der Waals surface area contributed by atoms with Gasteiger partial charge in [-0.25, -0.2) is 13.4 Å². The Morgan fingerprint density at radius 2 is 1.82 bits per heavy atom. The van der Waals surface area contributed by atoms with Crippen LogP contribution in [0, 0.1) is 6.92 Å². The number of hydrogen-bond acceptors (Lipinski definition) is 8. The Morgan fingerprint density at radius 1 is 1.11 bits per heavy atom. The number of anilines is 4. The quantitative estimate of drug-likeness (QED) is 0.278. The summed E-state index contributed by atoms with van der Waals surface area (Å²) in [6.07, 6.45) is 2.83. The van der Waals surface area contributed by atoms with Crippen LogP contribution in [-0.2, 0) is 9.84 Å². The SMILES string of the molecule is [2H]C1(c2cc(OC(C)C)c(Nc3ncc(Cl)c(Nc4ccccc4S(=O)(=O)C(C)C)n3)cc2C)CCNCC1. The molecule has 2 aromatic carbocycles. The average molecular weight is 559 g/mol. The standard InChI is InChI=1S/C28H36ClN5O3S/c1-17(2)37-25-15-21(20-10-12-30-13-11-20)19(5)14-24(25)33-28-31-16-22(29)27(34-28)32-23-8-6-7-9-26(23)38(35,36)18(3)4/h6-9,14-18,20,30H,10-13H2,1-5H3,(H2,31,32,33,34)/i20D. The lowest BCUT2D eigenvalue weighted by molar-refractivity contribution is 0.243. The summed E-state index contributed by atoms with van der Waals surface area (Å²) in [6.45, 7) is 10.8. The monoisotopic (exact) mass is 558 g/mol. The predicted octanol–water partition coefficient (Wildman–Crippen LogP) is 6.36. The zero-order valence-corrected chi connectivity index (χ0v) is 24.0. The Morgan fingerprint density at radius 3 is 2.50 bits per heavy atom. The molecule has 10 heteroatoms. The van der Waals surface area contributed by atoms with Crippen molar-refractivity contribution in [3.8, 4) is 5.75 Å². The Hall–Kier alpha value is -2.88. The van der Waals surface area contributed by atoms with E-state index in [1.807, 2.05) is 32.9 Å². The molecule has 3 aromatic rings. The van der Waals surface area contributed by atoms with Crippen molar-refractivity contribution in [1.82, 2.24) is 15.3 Å². The Bertz CT molecular complexity index is 1440. The van der Waals surface area contributed by atoms with Crippen molar-refractivity contribution in [2.45, 2.75) is 69.6 Å². The zero-order chi connectivity index (χ0) is 28.4. The molecule has 0 saturated carbocycles. The van der Waals surface area contributed by atoms with Crippen molar-refractivity contribution in [2.24, 2.45) is 0 Å². The molecule has 0 aliphatic carbocycles. The first kappa shape index (κ1) is 26.7. The molecular weight excluding hydrogens is 522 g/mol. The van der Waals surface area contributed by atoms with E-state index in [2.05, 4.69) is 25.9 Å². The van der Waals surface area contributed by atoms with Gasteiger partial charge in [-0.05, 0) is 102 Å². The highest BCUT2D eigenvalue weighted by atomic mass is 35.5. The molecule has 1 aromatic heterocycles. The molecule has 1 aliphatic rings. The number of halogens is 1. The maximum Gasteiger partial charge on any atom is 0.229 e. The number of nitrogens with one attached hydrogen (secondary N) is 3. The molecule has 2 heterocycles. The largest absolute Gasteiger partial charge is 0.489 e. The van der Waals surface area contributed by atoms with Gasteiger partial charge in [-0.2, -0.15) is 4.98 Å². The maximum atomic E-state index is 12.9. The molecule has 0 bridgehead atoms. The third kappa shape index (κ3) is 6.39. The number of ether oxygens (including phenoxy) is 1. The van der Waals surface area contributed by atoms with Crippen molar-refractivity contribution >= 4 is 44.6 Å². The van der Waals surface area contributed by atoms with Gasteiger partial charge in [0.15, 0.2) is 15.7 Å². The van der Waals surface area contributed by atoms with Gasteiger partial charge in [0.05, 0.1) is 33.8 Å². The summed E-state index contributed by atoms with van der Waals surface area (Å²) in [5.74, 6) is 0.451. The minimum absolute atomic E-state index is 0.0846. The van der Waals surface area contributed by atoms with Crippen LogP contribution in [0.3, 0.4) is 0 Å². The number of sulfone groups is 1. The number of para-hydroxylation sites is 1. The van der Waals surface area contributed by atoms with Crippen LogP contribution in [0.1, 0.15) is 58.9 Å². The number of piperidine rings is 1. The van der Waals surface area contributed by atoms with Crippen LogP contribution in [0.2, 0.25) is 5.02 Å². The molecule has 4 rings (SSSR count). The summed E-state index contributed by atoms with van der Waals surface area (Å²) in [5, 5.41) is 9.31. The molecule has 1 saturated heterocycles. The van der Waals surface area contributed by atoms with Crippen molar-refractivity contribution in [3.63, 3.8) is 0 Å². The highest BCUT2D eigenvalue weighted by Gasteiger charge is 2.24. The molecule has 8 nitrogen and oxygen atoms in total. The fourth-order valence-corrected chi connectivity index (χ4v) is 5.69. The molecule has 38 heavy (non-hydrogen) atoms. The fraction of sp³-hybridized carbons (Fsp3) is 0.429. The van der Waals surface area contributed by atoms with Gasteiger partial charge in [-0.15, -0.1) is 0 Å². The highest BCUT2D eigenvalue weighted by Crippen LogP contribution is 2.37. The first-order valence-electron chi connectivity index (χ1n) is 13.3. The van der Waals surface area contributed by atoms with Crippen molar-refractivity contribution in [3.05, 3.63) is 58.7 Å². The van der Waals surface area contributed by atoms with E-state index in [1.165, 1.54) is 6.20 Å². The number of aryl methyl sites for hydroxylation is 1. The van der Waals surface area contributed by atoms with E-state index in [0.717, 1.165) is 37.1 Å². The van der Waals surface area contributed by atoms with Crippen molar-refractivity contribution in [1.29, 1.82) is 0 Å². The predicted molar refractivity (Wildman–Crippen MR) is 154 cm³/mol. The highest BCUT2D eigenvalue weighted by molar-refractivity contribution is 7.92. The van der Waals surface area contributed by atoms with Gasteiger partial charge in [0.2, 0.25) is 5.95 Å². The smallest absolute Gasteiger partial charge is 0.229 e. The van der Waals surface area contributed by atoms with E-state index in [-0.39, 0.29) is 27.8 Å². The molecule has 204 valence electrons. The molecule has 0 radical (unpaired) electrons. The van der Waals surface area contributed by atoms with E-state index >= 15 is 0 Å². The molecule has 1 fully saturated rings. The van der Waals surface area contributed by atoms with E-state index < -0.39 is 21.0 Å². The van der Waals surface area contributed by atoms with Crippen LogP contribution in [-0.4, -0.2) is 42.8 Å². The molecule has 0 atom stereocenters. The van der Waals surface area contributed by atoms with Gasteiger partial charge >= 0.3 is 0 Å². The second-order valence-corrected chi connectivity index (χ2v) is 12.8. The number of benzene rings is 2. The van der Waals surface area contributed by atoms with Crippen LogP contribution >= 0.6 is 11.6 Å². The van der Waals surface area contributed by atoms with E-state index in [4.69, 9.17) is 17.7 Å². The Labute approximate surface area is 231 Å². The molecule has 1 aliphatic heterocycles. The van der Waals surface area contributed by atoms with Gasteiger partial charge in [0.1, 0.15) is 10.8 Å². The number of hydrogen-bond donors (Lipinski definition) is 3. The third-order valence-corrected chi connectivity index (χ3v) is 8.82. The number of nitrogens with zero attached hydrogens (tertiary/aromatic N) is 2. The summed E-state index contributed by atoms with van der Waals surface area (Å²) >= 11 is 6.41. The normalized spacial score (nSPS) is 15.8. The molecular formula is C28H36ClN5O3S. The lowest BCUT2D eigenvalue weighted by Gasteiger charge is -2.26. The summed E-state index contributed by atoms with van der Waals surface area (Å²) in [6, 6.07) is 10.6. The van der Waals surface area contributed by atoms with Crippen LogP contribution in [0.4, 0.5) is 23.1 Å². The summed E-state index contributed by atoms with van der Waals surface area (Å²) in [4.78, 5) is 9.06. The molecule has 3 N–H and O–H groups in total. The average Bonchev–Trinajstić information content (AvgIpc) is 2.87. The minimum atomic E-state index is -3.54. The van der Waals surface area contributed by atoms with Crippen LogP contribution in [0.25, 0.3) is 0 Å². The minimum Gasteiger partial charge on any atom is -0.489 e. The maximum absolute atomic E-state index is 12.9.